The number of aliphatic carboxylic acids is 1. The number of amides is 1. The Morgan fingerprint density at radius 3 is 2.48 bits per heavy atom. The second kappa shape index (κ2) is 6.29. The van der Waals surface area contributed by atoms with Gasteiger partial charge in [-0.1, -0.05) is 31.2 Å². The van der Waals surface area contributed by atoms with Crippen molar-refractivity contribution in [2.75, 3.05) is 0 Å². The molecule has 1 amide bonds. The molecular formula is C17H23NO3. The fourth-order valence-corrected chi connectivity index (χ4v) is 3.33. The molecule has 4 heteroatoms. The number of carboxylic acid groups (broad SMARTS) is 1. The normalized spacial score (nSPS) is 26.3. The van der Waals surface area contributed by atoms with E-state index < -0.39 is 17.8 Å². The number of hydrogen-bond acceptors (Lipinski definition) is 2. The Hall–Kier alpha value is -1.84. The third kappa shape index (κ3) is 3.43. The highest BCUT2D eigenvalue weighted by molar-refractivity contribution is 5.85. The van der Waals surface area contributed by atoms with Gasteiger partial charge < -0.3 is 10.4 Å². The Morgan fingerprint density at radius 1 is 1.24 bits per heavy atom. The zero-order valence-corrected chi connectivity index (χ0v) is 12.8. The average molecular weight is 289 g/mol. The van der Waals surface area contributed by atoms with Gasteiger partial charge in [-0.15, -0.1) is 0 Å². The van der Waals surface area contributed by atoms with Crippen LogP contribution in [-0.4, -0.2) is 17.0 Å². The summed E-state index contributed by atoms with van der Waals surface area (Å²) in [5.41, 5.74) is 2.20. The maximum Gasteiger partial charge on any atom is 0.307 e. The van der Waals surface area contributed by atoms with Gasteiger partial charge >= 0.3 is 5.97 Å². The van der Waals surface area contributed by atoms with E-state index in [1.54, 1.807) is 0 Å². The zero-order chi connectivity index (χ0) is 15.6. The lowest BCUT2D eigenvalue weighted by atomic mass is 9.94. The Kier molecular flexibility index (Phi) is 4.66. The number of hydrogen-bond donors (Lipinski definition) is 2. The van der Waals surface area contributed by atoms with Gasteiger partial charge in [0.1, 0.15) is 0 Å². The van der Waals surface area contributed by atoms with Crippen LogP contribution >= 0.6 is 0 Å². The van der Waals surface area contributed by atoms with Crippen LogP contribution < -0.4 is 5.32 Å². The number of benzene rings is 1. The fraction of sp³-hybridized carbons (Fsp3) is 0.529. The first-order chi connectivity index (χ1) is 9.90. The molecule has 0 radical (unpaired) electrons. The summed E-state index contributed by atoms with van der Waals surface area (Å²) in [6, 6.07) is 7.81. The maximum absolute atomic E-state index is 12.4. The molecule has 0 aliphatic heterocycles. The van der Waals surface area contributed by atoms with Crippen molar-refractivity contribution < 1.29 is 14.7 Å². The van der Waals surface area contributed by atoms with Crippen molar-refractivity contribution >= 4 is 11.9 Å². The van der Waals surface area contributed by atoms with Crippen LogP contribution in [0.3, 0.4) is 0 Å². The molecule has 0 saturated heterocycles. The quantitative estimate of drug-likeness (QED) is 0.895. The lowest BCUT2D eigenvalue weighted by Crippen LogP contribution is -2.36. The molecule has 0 aromatic heterocycles. The van der Waals surface area contributed by atoms with Crippen LogP contribution in [0.1, 0.15) is 43.9 Å². The molecule has 1 fully saturated rings. The number of aryl methyl sites for hydroxylation is 1. The van der Waals surface area contributed by atoms with Gasteiger partial charge in [0.2, 0.25) is 5.91 Å². The van der Waals surface area contributed by atoms with Crippen LogP contribution in [0.25, 0.3) is 0 Å². The van der Waals surface area contributed by atoms with Crippen LogP contribution in [-0.2, 0) is 9.59 Å². The molecule has 4 atom stereocenters. The molecule has 1 saturated carbocycles. The third-order valence-corrected chi connectivity index (χ3v) is 4.47. The first-order valence-electron chi connectivity index (χ1n) is 7.48. The van der Waals surface area contributed by atoms with Crippen LogP contribution in [0, 0.1) is 24.7 Å². The predicted molar refractivity (Wildman–Crippen MR) is 80.8 cm³/mol. The highest BCUT2D eigenvalue weighted by Crippen LogP contribution is 2.37. The first-order valence-corrected chi connectivity index (χ1v) is 7.48. The molecule has 1 aromatic carbocycles. The molecule has 0 spiro atoms. The summed E-state index contributed by atoms with van der Waals surface area (Å²) < 4.78 is 0. The van der Waals surface area contributed by atoms with Crippen LogP contribution in [0.4, 0.5) is 0 Å². The predicted octanol–water partition coefficient (Wildman–Crippen LogP) is 2.92. The van der Waals surface area contributed by atoms with Crippen LogP contribution in [0.15, 0.2) is 24.3 Å². The molecule has 4 unspecified atom stereocenters. The van der Waals surface area contributed by atoms with Crippen molar-refractivity contribution in [2.45, 2.75) is 39.7 Å². The number of carbonyl (C=O) groups is 2. The number of rotatable bonds is 4. The number of carbonyl (C=O) groups excluding carboxylic acids is 1. The van der Waals surface area contributed by atoms with Gasteiger partial charge in [-0.2, -0.15) is 0 Å². The molecule has 0 bridgehead atoms. The van der Waals surface area contributed by atoms with E-state index in [9.17, 15) is 14.7 Å². The zero-order valence-electron chi connectivity index (χ0n) is 12.8. The Balaban J connectivity index is 2.07. The second-order valence-electron chi connectivity index (χ2n) is 6.21. The second-order valence-corrected chi connectivity index (χ2v) is 6.21. The Labute approximate surface area is 125 Å². The van der Waals surface area contributed by atoms with E-state index in [4.69, 9.17) is 0 Å². The van der Waals surface area contributed by atoms with Crippen LogP contribution in [0.2, 0.25) is 0 Å². The summed E-state index contributed by atoms with van der Waals surface area (Å²) in [7, 11) is 0. The molecule has 114 valence electrons. The van der Waals surface area contributed by atoms with Gasteiger partial charge in [0.25, 0.3) is 0 Å². The van der Waals surface area contributed by atoms with Gasteiger partial charge in [0.05, 0.1) is 17.9 Å². The summed E-state index contributed by atoms with van der Waals surface area (Å²) in [4.78, 5) is 23.7. The van der Waals surface area contributed by atoms with Gasteiger partial charge in [0, 0.05) is 0 Å². The minimum atomic E-state index is -0.858. The smallest absolute Gasteiger partial charge is 0.307 e. The molecule has 0 heterocycles. The Bertz CT molecular complexity index is 541. The number of carboxylic acids is 1. The lowest BCUT2D eigenvalue weighted by molar-refractivity contribution is -0.146. The molecule has 21 heavy (non-hydrogen) atoms. The number of nitrogens with one attached hydrogen (secondary N) is 1. The van der Waals surface area contributed by atoms with E-state index in [0.717, 1.165) is 11.1 Å². The molecule has 1 aliphatic carbocycles. The summed E-state index contributed by atoms with van der Waals surface area (Å²) >= 11 is 0. The summed E-state index contributed by atoms with van der Waals surface area (Å²) in [6.45, 7) is 5.96. The molecule has 4 nitrogen and oxygen atoms in total. The highest BCUT2D eigenvalue weighted by atomic mass is 16.4. The Morgan fingerprint density at radius 2 is 1.86 bits per heavy atom. The summed E-state index contributed by atoms with van der Waals surface area (Å²) in [5.74, 6) is -1.67. The monoisotopic (exact) mass is 289 g/mol. The SMILES string of the molecule is Cc1ccccc1C(C)NC(=O)C1CC(C)CC1C(=O)O. The fourth-order valence-electron chi connectivity index (χ4n) is 3.33. The molecule has 1 aliphatic rings. The topological polar surface area (TPSA) is 66.4 Å². The van der Waals surface area contributed by atoms with Crippen molar-refractivity contribution in [3.05, 3.63) is 35.4 Å². The van der Waals surface area contributed by atoms with E-state index in [1.807, 2.05) is 45.0 Å². The van der Waals surface area contributed by atoms with Gasteiger partial charge in [0.15, 0.2) is 0 Å². The van der Waals surface area contributed by atoms with Crippen molar-refractivity contribution in [2.24, 2.45) is 17.8 Å². The minimum absolute atomic E-state index is 0.107. The van der Waals surface area contributed by atoms with Crippen molar-refractivity contribution in [1.29, 1.82) is 0 Å². The standard InChI is InChI=1S/C17H23NO3/c1-10-8-14(15(9-10)17(20)21)16(19)18-12(3)13-7-5-4-6-11(13)2/h4-7,10,12,14-15H,8-9H2,1-3H3,(H,18,19)(H,20,21). The molecule has 2 N–H and O–H groups in total. The summed E-state index contributed by atoms with van der Waals surface area (Å²) in [6.07, 6.45) is 1.25. The van der Waals surface area contributed by atoms with E-state index in [-0.39, 0.29) is 17.9 Å². The summed E-state index contributed by atoms with van der Waals surface area (Å²) in [5, 5.41) is 12.2. The van der Waals surface area contributed by atoms with Gasteiger partial charge in [-0.3, -0.25) is 9.59 Å². The first kappa shape index (κ1) is 15.5. The molecule has 1 aromatic rings. The van der Waals surface area contributed by atoms with E-state index in [2.05, 4.69) is 5.32 Å². The van der Waals surface area contributed by atoms with Gasteiger partial charge in [-0.25, -0.2) is 0 Å². The van der Waals surface area contributed by atoms with E-state index in [1.165, 1.54) is 0 Å². The largest absolute Gasteiger partial charge is 0.481 e. The van der Waals surface area contributed by atoms with Crippen molar-refractivity contribution in [3.63, 3.8) is 0 Å². The van der Waals surface area contributed by atoms with Crippen LogP contribution in [0.5, 0.6) is 0 Å². The average Bonchev–Trinajstić information content (AvgIpc) is 2.81. The van der Waals surface area contributed by atoms with Crippen molar-refractivity contribution in [1.82, 2.24) is 5.32 Å². The van der Waals surface area contributed by atoms with Crippen molar-refractivity contribution in [3.8, 4) is 0 Å². The lowest BCUT2D eigenvalue weighted by Gasteiger charge is -2.21. The molecular weight excluding hydrogens is 266 g/mol. The highest BCUT2D eigenvalue weighted by Gasteiger charge is 2.41. The third-order valence-electron chi connectivity index (χ3n) is 4.47. The minimum Gasteiger partial charge on any atom is -0.481 e. The van der Waals surface area contributed by atoms with E-state index >= 15 is 0 Å². The maximum atomic E-state index is 12.4. The molecule has 2 rings (SSSR count). The van der Waals surface area contributed by atoms with Gasteiger partial charge in [-0.05, 0) is 43.7 Å². The van der Waals surface area contributed by atoms with E-state index in [0.29, 0.717) is 12.8 Å².